The molecule has 182 valence electrons. The zero-order valence-electron chi connectivity index (χ0n) is 19.9. The standard InChI is InChI=1S/C24H24N4O5S2/c1-6-33-23(31)19-13(3)20(14(4)29)35-22(19)25-18(30)11-34-24-27-26-21-12(2)9-15-7-8-16(32-5)10-17(15)28(21)24/h7-10H,6,11H2,1-5H3,(H,25,30). The second-order valence-corrected chi connectivity index (χ2v) is 9.73. The largest absolute Gasteiger partial charge is 0.497 e. The number of thioether (sulfide) groups is 1. The number of benzene rings is 1. The van der Waals surface area contributed by atoms with Crippen LogP contribution in [0.4, 0.5) is 5.00 Å². The van der Waals surface area contributed by atoms with Crippen LogP contribution in [0.3, 0.4) is 0 Å². The average molecular weight is 513 g/mol. The van der Waals surface area contributed by atoms with Crippen molar-refractivity contribution in [2.24, 2.45) is 0 Å². The van der Waals surface area contributed by atoms with Gasteiger partial charge in [0, 0.05) is 6.07 Å². The molecule has 0 aliphatic heterocycles. The van der Waals surface area contributed by atoms with Crippen LogP contribution in [0.25, 0.3) is 16.6 Å². The smallest absolute Gasteiger partial charge is 0.341 e. The van der Waals surface area contributed by atoms with E-state index in [9.17, 15) is 14.4 Å². The predicted octanol–water partition coefficient (Wildman–Crippen LogP) is 4.68. The molecule has 1 aromatic carbocycles. The maximum Gasteiger partial charge on any atom is 0.341 e. The lowest BCUT2D eigenvalue weighted by atomic mass is 10.1. The summed E-state index contributed by atoms with van der Waals surface area (Å²) in [5.41, 5.74) is 3.22. The number of carbonyl (C=O) groups excluding carboxylic acids is 3. The van der Waals surface area contributed by atoms with Crippen molar-refractivity contribution in [3.63, 3.8) is 0 Å². The zero-order valence-corrected chi connectivity index (χ0v) is 21.6. The van der Waals surface area contributed by atoms with Crippen molar-refractivity contribution in [2.45, 2.75) is 32.9 Å². The van der Waals surface area contributed by atoms with E-state index < -0.39 is 5.97 Å². The number of thiophene rings is 1. The van der Waals surface area contributed by atoms with Gasteiger partial charge in [0.1, 0.15) is 10.8 Å². The number of nitrogens with one attached hydrogen (secondary N) is 1. The Kier molecular flexibility index (Phi) is 7.08. The minimum atomic E-state index is -0.573. The van der Waals surface area contributed by atoms with Gasteiger partial charge < -0.3 is 14.8 Å². The Morgan fingerprint density at radius 1 is 1.17 bits per heavy atom. The highest BCUT2D eigenvalue weighted by Crippen LogP contribution is 2.34. The van der Waals surface area contributed by atoms with Crippen molar-refractivity contribution in [1.82, 2.24) is 14.6 Å². The molecule has 9 nitrogen and oxygen atoms in total. The van der Waals surface area contributed by atoms with Gasteiger partial charge in [-0.2, -0.15) is 0 Å². The lowest BCUT2D eigenvalue weighted by molar-refractivity contribution is -0.113. The van der Waals surface area contributed by atoms with Gasteiger partial charge in [0.25, 0.3) is 0 Å². The molecule has 3 aromatic heterocycles. The molecule has 0 radical (unpaired) electrons. The third-order valence-corrected chi connectivity index (χ3v) is 7.61. The number of carbonyl (C=O) groups is 3. The quantitative estimate of drug-likeness (QED) is 0.206. The number of esters is 1. The Morgan fingerprint density at radius 3 is 2.63 bits per heavy atom. The Balaban J connectivity index is 1.61. The molecule has 0 spiro atoms. The van der Waals surface area contributed by atoms with Crippen LogP contribution in [-0.4, -0.2) is 51.7 Å². The highest BCUT2D eigenvalue weighted by atomic mass is 32.2. The zero-order chi connectivity index (χ0) is 25.3. The monoisotopic (exact) mass is 512 g/mol. The predicted molar refractivity (Wildman–Crippen MR) is 136 cm³/mol. The fourth-order valence-corrected chi connectivity index (χ4v) is 5.63. The lowest BCUT2D eigenvalue weighted by Crippen LogP contribution is -2.16. The number of methoxy groups -OCH3 is 1. The van der Waals surface area contributed by atoms with E-state index in [0.717, 1.165) is 27.8 Å². The van der Waals surface area contributed by atoms with Gasteiger partial charge in [-0.1, -0.05) is 11.8 Å². The first-order valence-corrected chi connectivity index (χ1v) is 12.6. The van der Waals surface area contributed by atoms with E-state index in [1.807, 2.05) is 35.6 Å². The van der Waals surface area contributed by atoms with Crippen LogP contribution in [0, 0.1) is 13.8 Å². The van der Waals surface area contributed by atoms with Gasteiger partial charge >= 0.3 is 5.97 Å². The fraction of sp³-hybridized carbons (Fsp3) is 0.292. The summed E-state index contributed by atoms with van der Waals surface area (Å²) in [4.78, 5) is 37.8. The molecule has 3 heterocycles. The van der Waals surface area contributed by atoms with Crippen LogP contribution in [0.2, 0.25) is 0 Å². The maximum absolute atomic E-state index is 12.9. The summed E-state index contributed by atoms with van der Waals surface area (Å²) in [6.07, 6.45) is 0. The number of pyridine rings is 1. The Labute approximate surface area is 209 Å². The van der Waals surface area contributed by atoms with Gasteiger partial charge in [-0.15, -0.1) is 21.5 Å². The summed E-state index contributed by atoms with van der Waals surface area (Å²) in [6, 6.07) is 7.78. The molecule has 4 aromatic rings. The number of hydrogen-bond acceptors (Lipinski definition) is 9. The Morgan fingerprint density at radius 2 is 1.94 bits per heavy atom. The molecule has 0 bridgehead atoms. The van der Waals surface area contributed by atoms with E-state index in [-0.39, 0.29) is 29.6 Å². The normalized spacial score (nSPS) is 11.1. The molecule has 0 atom stereocenters. The fourth-order valence-electron chi connectivity index (χ4n) is 3.78. The lowest BCUT2D eigenvalue weighted by Gasteiger charge is -2.09. The third-order valence-electron chi connectivity index (χ3n) is 5.37. The van der Waals surface area contributed by atoms with E-state index >= 15 is 0 Å². The Hall–Kier alpha value is -3.44. The first-order valence-electron chi connectivity index (χ1n) is 10.8. The van der Waals surface area contributed by atoms with E-state index in [4.69, 9.17) is 9.47 Å². The molecule has 0 aliphatic carbocycles. The van der Waals surface area contributed by atoms with Crippen molar-refractivity contribution in [3.8, 4) is 5.75 Å². The minimum absolute atomic E-state index is 0.0226. The number of aromatic nitrogens is 3. The number of amides is 1. The molecular formula is C24H24N4O5S2. The number of fused-ring (bicyclic) bond motifs is 3. The van der Waals surface area contributed by atoms with Gasteiger partial charge in [0.2, 0.25) is 5.91 Å². The number of rotatable bonds is 8. The molecule has 35 heavy (non-hydrogen) atoms. The van der Waals surface area contributed by atoms with Crippen LogP contribution in [0.15, 0.2) is 29.4 Å². The van der Waals surface area contributed by atoms with Crippen LogP contribution >= 0.6 is 23.1 Å². The SMILES string of the molecule is CCOC(=O)c1c(NC(=O)CSc2nnc3c(C)cc4ccc(OC)cc4n23)sc(C(C)=O)c1C. The van der Waals surface area contributed by atoms with Crippen molar-refractivity contribution in [1.29, 1.82) is 0 Å². The highest BCUT2D eigenvalue weighted by molar-refractivity contribution is 7.99. The number of Topliss-reactive ketones (excluding diaryl/α,β-unsaturated/α-hetero) is 1. The first kappa shape index (κ1) is 24.7. The number of aryl methyl sites for hydroxylation is 1. The van der Waals surface area contributed by atoms with Crippen LogP contribution in [0.1, 0.15) is 45.0 Å². The van der Waals surface area contributed by atoms with E-state index in [1.54, 1.807) is 21.0 Å². The number of ether oxygens (including phenoxy) is 2. The summed E-state index contributed by atoms with van der Waals surface area (Å²) in [7, 11) is 1.60. The molecule has 1 N–H and O–H groups in total. The van der Waals surface area contributed by atoms with Crippen molar-refractivity contribution < 1.29 is 23.9 Å². The molecule has 0 saturated heterocycles. The first-order chi connectivity index (χ1) is 16.7. The molecule has 1 amide bonds. The molecular weight excluding hydrogens is 488 g/mol. The van der Waals surface area contributed by atoms with E-state index in [1.165, 1.54) is 18.7 Å². The summed E-state index contributed by atoms with van der Waals surface area (Å²) < 4.78 is 12.4. The Bertz CT molecular complexity index is 1470. The van der Waals surface area contributed by atoms with Gasteiger partial charge in [-0.05, 0) is 62.4 Å². The highest BCUT2D eigenvalue weighted by Gasteiger charge is 2.25. The molecule has 0 aliphatic rings. The number of hydrogen-bond donors (Lipinski definition) is 1. The minimum Gasteiger partial charge on any atom is -0.497 e. The van der Waals surface area contributed by atoms with Gasteiger partial charge in [-0.25, -0.2) is 4.79 Å². The molecule has 0 saturated carbocycles. The van der Waals surface area contributed by atoms with E-state index in [2.05, 4.69) is 15.5 Å². The molecule has 11 heteroatoms. The van der Waals surface area contributed by atoms with Gasteiger partial charge in [0.05, 0.1) is 35.4 Å². The van der Waals surface area contributed by atoms with Crippen molar-refractivity contribution >= 4 is 62.3 Å². The van der Waals surface area contributed by atoms with Crippen molar-refractivity contribution in [3.05, 3.63) is 45.8 Å². The average Bonchev–Trinajstić information content (AvgIpc) is 3.39. The molecule has 0 unspecified atom stereocenters. The van der Waals surface area contributed by atoms with Crippen LogP contribution in [-0.2, 0) is 9.53 Å². The molecule has 0 fully saturated rings. The summed E-state index contributed by atoms with van der Waals surface area (Å²) in [5, 5.41) is 13.2. The second kappa shape index (κ2) is 10.0. The summed E-state index contributed by atoms with van der Waals surface area (Å²) >= 11 is 2.29. The number of nitrogens with zero attached hydrogens (tertiary/aromatic N) is 3. The second-order valence-electron chi connectivity index (χ2n) is 7.77. The number of ketones is 1. The van der Waals surface area contributed by atoms with Crippen LogP contribution in [0.5, 0.6) is 5.75 Å². The maximum atomic E-state index is 12.9. The van der Waals surface area contributed by atoms with Gasteiger partial charge in [-0.3, -0.25) is 14.0 Å². The topological polar surface area (TPSA) is 112 Å². The third kappa shape index (κ3) is 4.73. The summed E-state index contributed by atoms with van der Waals surface area (Å²) in [6.45, 7) is 6.94. The van der Waals surface area contributed by atoms with Gasteiger partial charge in [0.15, 0.2) is 16.6 Å². The van der Waals surface area contributed by atoms with Crippen LogP contribution < -0.4 is 10.1 Å². The van der Waals surface area contributed by atoms with Crippen molar-refractivity contribution in [2.75, 3.05) is 24.8 Å². The molecule has 4 rings (SSSR count). The van der Waals surface area contributed by atoms with E-state index in [0.29, 0.717) is 32.0 Å². The summed E-state index contributed by atoms with van der Waals surface area (Å²) in [5.74, 6) is -0.375. The number of anilines is 1.